The summed E-state index contributed by atoms with van der Waals surface area (Å²) in [5, 5.41) is 11.8. The van der Waals surface area contributed by atoms with Crippen LogP contribution in [0.4, 0.5) is 5.69 Å². The monoisotopic (exact) mass is 338 g/mol. The number of carboxylic acid groups (broad SMARTS) is 1. The van der Waals surface area contributed by atoms with Crippen molar-refractivity contribution in [1.82, 2.24) is 4.90 Å². The fourth-order valence-corrected chi connectivity index (χ4v) is 2.82. The maximum absolute atomic E-state index is 12.5. The molecule has 25 heavy (non-hydrogen) atoms. The second-order valence-corrected chi connectivity index (χ2v) is 5.97. The number of imide groups is 1. The third kappa shape index (κ3) is 4.03. The van der Waals surface area contributed by atoms with Gasteiger partial charge >= 0.3 is 5.97 Å². The van der Waals surface area contributed by atoms with Gasteiger partial charge in [-0.15, -0.1) is 0 Å². The molecule has 1 unspecified atom stereocenters. The molecule has 6 nitrogen and oxygen atoms in total. The number of nitrogens with zero attached hydrogens (tertiary/aromatic N) is 1. The molecule has 0 aliphatic carbocycles. The molecule has 1 aliphatic rings. The van der Waals surface area contributed by atoms with Crippen LogP contribution in [-0.2, 0) is 27.3 Å². The first-order chi connectivity index (χ1) is 12.0. The minimum absolute atomic E-state index is 0.0496. The topological polar surface area (TPSA) is 86.7 Å². The van der Waals surface area contributed by atoms with Crippen LogP contribution >= 0.6 is 0 Å². The zero-order valence-corrected chi connectivity index (χ0v) is 13.5. The van der Waals surface area contributed by atoms with Gasteiger partial charge in [-0.3, -0.25) is 19.3 Å². The highest BCUT2D eigenvalue weighted by Crippen LogP contribution is 2.21. The summed E-state index contributed by atoms with van der Waals surface area (Å²) in [5.41, 5.74) is 2.27. The lowest BCUT2D eigenvalue weighted by molar-refractivity contribution is -0.139. The Morgan fingerprint density at radius 3 is 2.36 bits per heavy atom. The maximum atomic E-state index is 12.5. The van der Waals surface area contributed by atoms with Gasteiger partial charge in [-0.25, -0.2) is 0 Å². The second kappa shape index (κ2) is 7.17. The number of aliphatic carboxylic acids is 1. The van der Waals surface area contributed by atoms with Crippen LogP contribution in [0.5, 0.6) is 0 Å². The van der Waals surface area contributed by atoms with E-state index in [1.807, 2.05) is 30.3 Å². The van der Waals surface area contributed by atoms with Gasteiger partial charge in [-0.2, -0.15) is 0 Å². The molecule has 2 N–H and O–H groups in total. The molecule has 2 aromatic carbocycles. The molecule has 1 atom stereocenters. The predicted molar refractivity (Wildman–Crippen MR) is 91.8 cm³/mol. The van der Waals surface area contributed by atoms with E-state index in [9.17, 15) is 14.4 Å². The van der Waals surface area contributed by atoms with Crippen LogP contribution in [0.15, 0.2) is 54.6 Å². The molecule has 3 rings (SSSR count). The van der Waals surface area contributed by atoms with Crippen molar-refractivity contribution in [2.75, 3.05) is 5.32 Å². The number of likely N-dealkylation sites (tertiary alicyclic amines) is 1. The smallest absolute Gasteiger partial charge is 0.307 e. The van der Waals surface area contributed by atoms with E-state index in [0.717, 1.165) is 5.56 Å². The largest absolute Gasteiger partial charge is 0.481 e. The van der Waals surface area contributed by atoms with Gasteiger partial charge in [0.05, 0.1) is 19.4 Å². The van der Waals surface area contributed by atoms with Crippen LogP contribution in [0, 0.1) is 0 Å². The molecule has 0 spiro atoms. The molecular weight excluding hydrogens is 320 g/mol. The lowest BCUT2D eigenvalue weighted by atomic mass is 10.1. The molecule has 1 fully saturated rings. The molecule has 1 saturated heterocycles. The number of carbonyl (C=O) groups excluding carboxylic acids is 2. The average Bonchev–Trinajstić information content (AvgIpc) is 2.85. The van der Waals surface area contributed by atoms with Crippen molar-refractivity contribution in [2.45, 2.75) is 25.4 Å². The normalized spacial score (nSPS) is 17.0. The molecule has 1 aliphatic heterocycles. The highest BCUT2D eigenvalue weighted by atomic mass is 16.4. The molecule has 0 aromatic heterocycles. The predicted octanol–water partition coefficient (Wildman–Crippen LogP) is 2.05. The van der Waals surface area contributed by atoms with Crippen LogP contribution < -0.4 is 5.32 Å². The standard InChI is InChI=1S/C19H18N2O4/c22-17-11-16(19(25)21(17)12-14-4-2-1-3-5-14)20-15-8-6-13(7-9-15)10-18(23)24/h1-9,16,20H,10-12H2,(H,23,24). The third-order valence-corrected chi connectivity index (χ3v) is 4.08. The van der Waals surface area contributed by atoms with Crippen LogP contribution in [0.3, 0.4) is 0 Å². The number of carbonyl (C=O) groups is 3. The van der Waals surface area contributed by atoms with Crippen molar-refractivity contribution < 1.29 is 19.5 Å². The fourth-order valence-electron chi connectivity index (χ4n) is 2.82. The van der Waals surface area contributed by atoms with Crippen molar-refractivity contribution in [3.05, 3.63) is 65.7 Å². The van der Waals surface area contributed by atoms with Crippen LogP contribution in [0.25, 0.3) is 0 Å². The molecule has 2 amide bonds. The maximum Gasteiger partial charge on any atom is 0.307 e. The lowest BCUT2D eigenvalue weighted by Crippen LogP contribution is -2.34. The quantitative estimate of drug-likeness (QED) is 0.787. The van der Waals surface area contributed by atoms with Gasteiger partial charge in [0.25, 0.3) is 5.91 Å². The van der Waals surface area contributed by atoms with Crippen LogP contribution in [-0.4, -0.2) is 33.8 Å². The van der Waals surface area contributed by atoms with Gasteiger partial charge in [0.15, 0.2) is 0 Å². The molecule has 0 radical (unpaired) electrons. The Kier molecular flexibility index (Phi) is 4.79. The Bertz CT molecular complexity index is 787. The zero-order valence-electron chi connectivity index (χ0n) is 13.5. The Morgan fingerprint density at radius 2 is 1.72 bits per heavy atom. The van der Waals surface area contributed by atoms with E-state index in [2.05, 4.69) is 5.32 Å². The number of anilines is 1. The molecule has 6 heteroatoms. The highest BCUT2D eigenvalue weighted by Gasteiger charge is 2.38. The van der Waals surface area contributed by atoms with Crippen molar-refractivity contribution in [1.29, 1.82) is 0 Å². The van der Waals surface area contributed by atoms with Gasteiger partial charge in [0.1, 0.15) is 6.04 Å². The first-order valence-corrected chi connectivity index (χ1v) is 7.98. The highest BCUT2D eigenvalue weighted by molar-refractivity contribution is 6.06. The van der Waals surface area contributed by atoms with E-state index >= 15 is 0 Å². The van der Waals surface area contributed by atoms with E-state index in [1.54, 1.807) is 24.3 Å². The summed E-state index contributed by atoms with van der Waals surface area (Å²) in [4.78, 5) is 36.6. The zero-order chi connectivity index (χ0) is 17.8. The summed E-state index contributed by atoms with van der Waals surface area (Å²) >= 11 is 0. The minimum Gasteiger partial charge on any atom is -0.481 e. The number of hydrogen-bond donors (Lipinski definition) is 2. The molecular formula is C19H18N2O4. The summed E-state index contributed by atoms with van der Waals surface area (Å²) in [6.07, 6.45) is 0.0640. The molecule has 2 aromatic rings. The number of rotatable bonds is 6. The van der Waals surface area contributed by atoms with E-state index in [1.165, 1.54) is 4.90 Å². The van der Waals surface area contributed by atoms with Crippen molar-refractivity contribution in [2.24, 2.45) is 0 Å². The van der Waals surface area contributed by atoms with E-state index in [0.29, 0.717) is 11.3 Å². The second-order valence-electron chi connectivity index (χ2n) is 5.97. The number of hydrogen-bond acceptors (Lipinski definition) is 4. The number of carboxylic acids is 1. The molecule has 0 saturated carbocycles. The van der Waals surface area contributed by atoms with Gasteiger partial charge in [-0.05, 0) is 23.3 Å². The van der Waals surface area contributed by atoms with E-state index in [4.69, 9.17) is 5.11 Å². The Balaban J connectivity index is 1.65. The SMILES string of the molecule is O=C(O)Cc1ccc(NC2CC(=O)N(Cc3ccccc3)C2=O)cc1. The van der Waals surface area contributed by atoms with Crippen molar-refractivity contribution in [3.8, 4) is 0 Å². The van der Waals surface area contributed by atoms with Gasteiger partial charge < -0.3 is 10.4 Å². The minimum atomic E-state index is -0.895. The Labute approximate surface area is 145 Å². The first kappa shape index (κ1) is 16.7. The Morgan fingerprint density at radius 1 is 1.04 bits per heavy atom. The number of benzene rings is 2. The van der Waals surface area contributed by atoms with E-state index in [-0.39, 0.29) is 31.2 Å². The number of nitrogens with one attached hydrogen (secondary N) is 1. The van der Waals surface area contributed by atoms with Crippen molar-refractivity contribution >= 4 is 23.5 Å². The number of amides is 2. The average molecular weight is 338 g/mol. The van der Waals surface area contributed by atoms with Crippen LogP contribution in [0.1, 0.15) is 17.5 Å². The summed E-state index contributed by atoms with van der Waals surface area (Å²) in [7, 11) is 0. The Hall–Kier alpha value is -3.15. The first-order valence-electron chi connectivity index (χ1n) is 7.98. The summed E-state index contributed by atoms with van der Waals surface area (Å²) in [6.45, 7) is 0.272. The summed E-state index contributed by atoms with van der Waals surface area (Å²) < 4.78 is 0. The van der Waals surface area contributed by atoms with Gasteiger partial charge in [0.2, 0.25) is 5.91 Å². The molecule has 1 heterocycles. The van der Waals surface area contributed by atoms with Gasteiger partial charge in [0, 0.05) is 5.69 Å². The third-order valence-electron chi connectivity index (χ3n) is 4.08. The molecule has 0 bridgehead atoms. The van der Waals surface area contributed by atoms with Crippen molar-refractivity contribution in [3.63, 3.8) is 0 Å². The molecule has 128 valence electrons. The van der Waals surface area contributed by atoms with E-state index < -0.39 is 12.0 Å². The van der Waals surface area contributed by atoms with Gasteiger partial charge in [-0.1, -0.05) is 42.5 Å². The fraction of sp³-hybridized carbons (Fsp3) is 0.211. The summed E-state index contributed by atoms with van der Waals surface area (Å²) in [5.74, 6) is -1.34. The lowest BCUT2D eigenvalue weighted by Gasteiger charge is -2.16. The van der Waals surface area contributed by atoms with Crippen LogP contribution in [0.2, 0.25) is 0 Å². The summed E-state index contributed by atoms with van der Waals surface area (Å²) in [6, 6.07) is 15.6.